The van der Waals surface area contributed by atoms with Crippen LogP contribution in [0.25, 0.3) is 0 Å². The second-order valence-electron chi connectivity index (χ2n) is 2.69. The topological polar surface area (TPSA) is 43.4 Å². The first-order valence-electron chi connectivity index (χ1n) is 3.60. The van der Waals surface area contributed by atoms with E-state index < -0.39 is 12.2 Å². The maximum Gasteiger partial charge on any atom is 0.198 e. The quantitative estimate of drug-likeness (QED) is 0.683. The van der Waals surface area contributed by atoms with E-state index in [0.29, 0.717) is 4.48 Å². The normalized spacial score (nSPS) is 29.9. The fraction of sp³-hybridized carbons (Fsp3) is 0.500. The van der Waals surface area contributed by atoms with Gasteiger partial charge in [-0.05, 0) is 35.9 Å². The highest BCUT2D eigenvalue weighted by Crippen LogP contribution is 2.20. The van der Waals surface area contributed by atoms with E-state index in [-0.39, 0.29) is 11.6 Å². The fourth-order valence-corrected chi connectivity index (χ4v) is 1.51. The van der Waals surface area contributed by atoms with Gasteiger partial charge in [0.15, 0.2) is 11.6 Å². The van der Waals surface area contributed by atoms with Crippen molar-refractivity contribution in [1.29, 1.82) is 0 Å². The van der Waals surface area contributed by atoms with Gasteiger partial charge in [-0.15, -0.1) is 0 Å². The zero-order valence-corrected chi connectivity index (χ0v) is 8.42. The van der Waals surface area contributed by atoms with Gasteiger partial charge in [-0.25, -0.2) is 0 Å². The summed E-state index contributed by atoms with van der Waals surface area (Å²) in [6, 6.07) is 0. The van der Waals surface area contributed by atoms with E-state index in [1.165, 1.54) is 13.0 Å². The van der Waals surface area contributed by atoms with Gasteiger partial charge in [0.25, 0.3) is 0 Å². The Morgan fingerprint density at radius 2 is 2.25 bits per heavy atom. The van der Waals surface area contributed by atoms with E-state index in [4.69, 9.17) is 4.74 Å². The van der Waals surface area contributed by atoms with Crippen molar-refractivity contribution in [3.63, 3.8) is 0 Å². The molecular formula is C8H9BrO3. The molecule has 3 nitrogen and oxygen atoms in total. The van der Waals surface area contributed by atoms with Crippen molar-refractivity contribution in [2.75, 3.05) is 0 Å². The van der Waals surface area contributed by atoms with Crippen LogP contribution in [0.4, 0.5) is 0 Å². The molecule has 0 fully saturated rings. The van der Waals surface area contributed by atoms with Crippen molar-refractivity contribution in [2.24, 2.45) is 0 Å². The van der Waals surface area contributed by atoms with Crippen molar-refractivity contribution >= 4 is 27.5 Å². The first-order valence-corrected chi connectivity index (χ1v) is 4.39. The van der Waals surface area contributed by atoms with Crippen LogP contribution in [-0.4, -0.2) is 23.8 Å². The van der Waals surface area contributed by atoms with Crippen LogP contribution in [0, 0.1) is 0 Å². The van der Waals surface area contributed by atoms with Gasteiger partial charge in [-0.1, -0.05) is 0 Å². The molecule has 0 bridgehead atoms. The number of halogens is 1. The number of ether oxygens (including phenoxy) is 1. The number of carbonyl (C=O) groups is 2. The van der Waals surface area contributed by atoms with Crippen LogP contribution in [0.1, 0.15) is 13.8 Å². The molecule has 0 radical (unpaired) electrons. The molecule has 0 spiro atoms. The lowest BCUT2D eigenvalue weighted by Gasteiger charge is -2.21. The third-order valence-corrected chi connectivity index (χ3v) is 2.31. The van der Waals surface area contributed by atoms with Crippen molar-refractivity contribution in [1.82, 2.24) is 0 Å². The lowest BCUT2D eigenvalue weighted by Crippen LogP contribution is -2.34. The molecule has 66 valence electrons. The summed E-state index contributed by atoms with van der Waals surface area (Å²) in [7, 11) is 0. The molecule has 2 unspecified atom stereocenters. The third-order valence-electron chi connectivity index (χ3n) is 1.65. The van der Waals surface area contributed by atoms with Gasteiger partial charge in [0.1, 0.15) is 12.2 Å². The average Bonchev–Trinajstić information content (AvgIpc) is 1.99. The molecule has 0 saturated heterocycles. The monoisotopic (exact) mass is 232 g/mol. The summed E-state index contributed by atoms with van der Waals surface area (Å²) in [4.78, 5) is 22.0. The second kappa shape index (κ2) is 3.49. The average molecular weight is 233 g/mol. The van der Waals surface area contributed by atoms with Crippen LogP contribution in [-0.2, 0) is 14.3 Å². The molecule has 1 rings (SSSR count). The molecular weight excluding hydrogens is 224 g/mol. The number of hydrogen-bond donors (Lipinski definition) is 0. The van der Waals surface area contributed by atoms with Crippen molar-refractivity contribution in [2.45, 2.75) is 26.1 Å². The van der Waals surface area contributed by atoms with E-state index >= 15 is 0 Å². The molecule has 0 aromatic rings. The molecule has 0 aromatic carbocycles. The van der Waals surface area contributed by atoms with Crippen LogP contribution in [0.15, 0.2) is 10.6 Å². The van der Waals surface area contributed by atoms with E-state index in [0.717, 1.165) is 0 Å². The molecule has 1 aliphatic heterocycles. The van der Waals surface area contributed by atoms with Gasteiger partial charge in [-0.2, -0.15) is 0 Å². The summed E-state index contributed by atoms with van der Waals surface area (Å²) < 4.78 is 5.56. The maximum atomic E-state index is 11.1. The van der Waals surface area contributed by atoms with Gasteiger partial charge in [0.05, 0.1) is 4.48 Å². The van der Waals surface area contributed by atoms with Crippen LogP contribution in [0.2, 0.25) is 0 Å². The summed E-state index contributed by atoms with van der Waals surface area (Å²) in [5.74, 6) is -0.209. The summed E-state index contributed by atoms with van der Waals surface area (Å²) in [5.41, 5.74) is 0. The highest BCUT2D eigenvalue weighted by atomic mass is 79.9. The molecule has 0 amide bonds. The van der Waals surface area contributed by atoms with Crippen molar-refractivity contribution in [3.8, 4) is 0 Å². The van der Waals surface area contributed by atoms with Crippen LogP contribution >= 0.6 is 15.9 Å². The minimum absolute atomic E-state index is 0.0914. The number of hydrogen-bond acceptors (Lipinski definition) is 3. The van der Waals surface area contributed by atoms with Crippen molar-refractivity contribution < 1.29 is 14.3 Å². The molecule has 0 N–H and O–H groups in total. The predicted molar refractivity (Wildman–Crippen MR) is 47.0 cm³/mol. The maximum absolute atomic E-state index is 11.1. The zero-order valence-electron chi connectivity index (χ0n) is 6.83. The number of Topliss-reactive ketones (excluding diaryl/α,β-unsaturated/α-hetero) is 2. The minimum atomic E-state index is -0.577. The first kappa shape index (κ1) is 9.61. The largest absolute Gasteiger partial charge is 0.355 e. The van der Waals surface area contributed by atoms with Gasteiger partial charge >= 0.3 is 0 Å². The minimum Gasteiger partial charge on any atom is -0.355 e. The molecule has 1 heterocycles. The van der Waals surface area contributed by atoms with E-state index in [1.807, 2.05) is 0 Å². The van der Waals surface area contributed by atoms with Gasteiger partial charge < -0.3 is 4.74 Å². The smallest absolute Gasteiger partial charge is 0.198 e. The summed E-state index contributed by atoms with van der Waals surface area (Å²) in [6.07, 6.45) is 0.385. The predicted octanol–water partition coefficient (Wildman–Crippen LogP) is 1.21. The molecule has 4 heteroatoms. The van der Waals surface area contributed by atoms with Gasteiger partial charge in [0, 0.05) is 0 Å². The lowest BCUT2D eigenvalue weighted by molar-refractivity contribution is -0.137. The van der Waals surface area contributed by atoms with Gasteiger partial charge in [-0.3, -0.25) is 9.59 Å². The molecule has 0 aromatic heterocycles. The Morgan fingerprint density at radius 3 is 2.67 bits per heavy atom. The first-order chi connectivity index (χ1) is 5.52. The van der Waals surface area contributed by atoms with E-state index in [9.17, 15) is 9.59 Å². The molecule has 2 atom stereocenters. The molecule has 0 saturated carbocycles. The standard InChI is InChI=1S/C8H9BrO3/c1-4(10)7-3-6(9)8(11)5(2)12-7/h3,5,7H,1-2H3. The van der Waals surface area contributed by atoms with Crippen LogP contribution in [0.5, 0.6) is 0 Å². The number of ketones is 2. The fourth-order valence-electron chi connectivity index (χ4n) is 0.943. The SMILES string of the molecule is CC(=O)C1C=C(Br)C(=O)C(C)O1. The highest BCUT2D eigenvalue weighted by molar-refractivity contribution is 9.12. The lowest BCUT2D eigenvalue weighted by atomic mass is 10.1. The van der Waals surface area contributed by atoms with Crippen LogP contribution < -0.4 is 0 Å². The van der Waals surface area contributed by atoms with Gasteiger partial charge in [0.2, 0.25) is 0 Å². The Bertz CT molecular complexity index is 257. The Morgan fingerprint density at radius 1 is 1.67 bits per heavy atom. The molecule has 0 aliphatic carbocycles. The third kappa shape index (κ3) is 1.81. The zero-order chi connectivity index (χ0) is 9.30. The summed E-state index contributed by atoms with van der Waals surface area (Å²) in [6.45, 7) is 3.07. The Labute approximate surface area is 78.9 Å². The Hall–Kier alpha value is -0.480. The number of rotatable bonds is 1. The van der Waals surface area contributed by atoms with Crippen molar-refractivity contribution in [3.05, 3.63) is 10.6 Å². The highest BCUT2D eigenvalue weighted by Gasteiger charge is 2.28. The molecule has 12 heavy (non-hydrogen) atoms. The van der Waals surface area contributed by atoms with Crippen LogP contribution in [0.3, 0.4) is 0 Å². The van der Waals surface area contributed by atoms with E-state index in [1.54, 1.807) is 6.92 Å². The number of carbonyl (C=O) groups excluding carboxylic acids is 2. The summed E-state index contributed by atoms with van der Waals surface area (Å²) >= 11 is 3.08. The second-order valence-corrected chi connectivity index (χ2v) is 3.54. The Kier molecular flexibility index (Phi) is 2.80. The van der Waals surface area contributed by atoms with E-state index in [2.05, 4.69) is 15.9 Å². The Balaban J connectivity index is 2.87. The molecule has 1 aliphatic rings. The summed E-state index contributed by atoms with van der Waals surface area (Å²) in [5, 5.41) is 0.